The molecule has 23 heavy (non-hydrogen) atoms. The predicted octanol–water partition coefficient (Wildman–Crippen LogP) is 3.32. The molecule has 0 bridgehead atoms. The normalized spacial score (nSPS) is 26.4. The molecule has 0 N–H and O–H groups in total. The summed E-state index contributed by atoms with van der Waals surface area (Å²) in [6.45, 7) is 10.6. The summed E-state index contributed by atoms with van der Waals surface area (Å²) in [4.78, 5) is 21.6. The first-order valence-corrected chi connectivity index (χ1v) is 9.84. The molecule has 0 unspecified atom stereocenters. The quantitative estimate of drug-likeness (QED) is 0.847. The molecule has 2 aliphatic rings. The van der Waals surface area contributed by atoms with Gasteiger partial charge in [0.05, 0.1) is 10.7 Å². The van der Waals surface area contributed by atoms with Crippen molar-refractivity contribution in [1.82, 2.24) is 14.8 Å². The van der Waals surface area contributed by atoms with E-state index in [0.717, 1.165) is 45.4 Å². The third kappa shape index (κ3) is 3.77. The lowest BCUT2D eigenvalue weighted by molar-refractivity contribution is -0.141. The van der Waals surface area contributed by atoms with Gasteiger partial charge in [0.2, 0.25) is 5.91 Å². The summed E-state index contributed by atoms with van der Waals surface area (Å²) >= 11 is 1.78. The minimum Gasteiger partial charge on any atom is -0.340 e. The van der Waals surface area contributed by atoms with Crippen molar-refractivity contribution in [2.45, 2.75) is 65.5 Å². The van der Waals surface area contributed by atoms with Crippen LogP contribution in [0.2, 0.25) is 0 Å². The van der Waals surface area contributed by atoms with Crippen LogP contribution in [-0.2, 0) is 17.8 Å². The number of hydrogen-bond donors (Lipinski definition) is 0. The Morgan fingerprint density at radius 1 is 1.35 bits per heavy atom. The fraction of sp³-hybridized carbons (Fsp3) is 0.778. The van der Waals surface area contributed by atoms with Gasteiger partial charge in [0.1, 0.15) is 0 Å². The van der Waals surface area contributed by atoms with Crippen molar-refractivity contribution < 1.29 is 4.79 Å². The van der Waals surface area contributed by atoms with E-state index >= 15 is 0 Å². The van der Waals surface area contributed by atoms with Gasteiger partial charge in [-0.15, -0.1) is 11.3 Å². The Labute approximate surface area is 143 Å². The smallest absolute Gasteiger partial charge is 0.222 e. The predicted molar refractivity (Wildman–Crippen MR) is 94.5 cm³/mol. The van der Waals surface area contributed by atoms with E-state index in [4.69, 9.17) is 4.98 Å². The molecule has 0 saturated carbocycles. The average Bonchev–Trinajstić information content (AvgIpc) is 2.98. The standard InChI is InChI=1S/C18H29N3OS/c1-4-16-19-15(11-23-16)10-20-9-5-7-18(12-20)8-6-17(22)21(13-18)14(2)3/h11,14H,4-10,12-13H2,1-3H3/t18-/m0/s1. The van der Waals surface area contributed by atoms with Crippen LogP contribution in [0.1, 0.15) is 57.2 Å². The fourth-order valence-corrected chi connectivity index (χ4v) is 4.84. The molecule has 1 atom stereocenters. The van der Waals surface area contributed by atoms with Crippen molar-refractivity contribution in [3.8, 4) is 0 Å². The molecule has 3 rings (SSSR count). The molecule has 4 nitrogen and oxygen atoms in total. The maximum absolute atomic E-state index is 12.2. The first-order valence-electron chi connectivity index (χ1n) is 8.96. The van der Waals surface area contributed by atoms with Gasteiger partial charge >= 0.3 is 0 Å². The number of thiazole rings is 1. The molecule has 2 aliphatic heterocycles. The molecule has 1 amide bonds. The maximum Gasteiger partial charge on any atom is 0.222 e. The first-order chi connectivity index (χ1) is 11.0. The third-order valence-corrected chi connectivity index (χ3v) is 6.39. The van der Waals surface area contributed by atoms with Gasteiger partial charge in [-0.1, -0.05) is 6.92 Å². The fourth-order valence-electron chi connectivity index (χ4n) is 4.11. The van der Waals surface area contributed by atoms with E-state index < -0.39 is 0 Å². The molecule has 0 radical (unpaired) electrons. The molecule has 1 spiro atoms. The van der Waals surface area contributed by atoms with Crippen molar-refractivity contribution in [2.75, 3.05) is 19.6 Å². The van der Waals surface area contributed by atoms with E-state index in [1.54, 1.807) is 11.3 Å². The van der Waals surface area contributed by atoms with Gasteiger partial charge in [-0.05, 0) is 46.1 Å². The number of likely N-dealkylation sites (tertiary alicyclic amines) is 2. The van der Waals surface area contributed by atoms with Gasteiger partial charge in [-0.2, -0.15) is 0 Å². The molecule has 3 heterocycles. The van der Waals surface area contributed by atoms with Crippen molar-refractivity contribution >= 4 is 17.2 Å². The SMILES string of the molecule is CCc1nc(CN2CCC[C@]3(CCC(=O)N(C(C)C)C3)C2)cs1. The lowest BCUT2D eigenvalue weighted by atomic mass is 9.73. The Balaban J connectivity index is 1.66. The monoisotopic (exact) mass is 335 g/mol. The summed E-state index contributed by atoms with van der Waals surface area (Å²) in [6.07, 6.45) is 5.31. The van der Waals surface area contributed by atoms with Crippen LogP contribution in [0.5, 0.6) is 0 Å². The van der Waals surface area contributed by atoms with Crippen molar-refractivity contribution in [2.24, 2.45) is 5.41 Å². The first kappa shape index (κ1) is 16.9. The van der Waals surface area contributed by atoms with Gasteiger partial charge in [0.25, 0.3) is 0 Å². The Morgan fingerprint density at radius 3 is 2.87 bits per heavy atom. The number of rotatable bonds is 4. The van der Waals surface area contributed by atoms with E-state index in [-0.39, 0.29) is 0 Å². The van der Waals surface area contributed by atoms with Crippen LogP contribution in [0, 0.1) is 5.41 Å². The highest BCUT2D eigenvalue weighted by Crippen LogP contribution is 2.39. The van der Waals surface area contributed by atoms with Crippen LogP contribution < -0.4 is 0 Å². The number of carbonyl (C=O) groups is 1. The minimum atomic E-state index is 0.306. The number of piperidine rings is 2. The molecule has 128 valence electrons. The molecule has 2 fully saturated rings. The topological polar surface area (TPSA) is 36.4 Å². The average molecular weight is 336 g/mol. The largest absolute Gasteiger partial charge is 0.340 e. The number of amides is 1. The minimum absolute atomic E-state index is 0.306. The van der Waals surface area contributed by atoms with Crippen LogP contribution in [0.4, 0.5) is 0 Å². The number of carbonyl (C=O) groups excluding carboxylic acids is 1. The second-order valence-corrected chi connectivity index (χ2v) is 8.46. The number of aromatic nitrogens is 1. The van der Waals surface area contributed by atoms with Gasteiger partial charge in [0.15, 0.2) is 0 Å². The van der Waals surface area contributed by atoms with E-state index in [9.17, 15) is 4.79 Å². The highest BCUT2D eigenvalue weighted by atomic mass is 32.1. The van der Waals surface area contributed by atoms with E-state index in [1.807, 2.05) is 0 Å². The second-order valence-electron chi connectivity index (χ2n) is 7.52. The lowest BCUT2D eigenvalue weighted by Crippen LogP contribution is -2.55. The van der Waals surface area contributed by atoms with Crippen LogP contribution in [0.3, 0.4) is 0 Å². The Morgan fingerprint density at radius 2 is 2.17 bits per heavy atom. The molecule has 1 aromatic heterocycles. The van der Waals surface area contributed by atoms with Crippen molar-refractivity contribution in [3.05, 3.63) is 16.1 Å². The zero-order chi connectivity index (χ0) is 16.4. The summed E-state index contributed by atoms with van der Waals surface area (Å²) in [6, 6.07) is 0.320. The highest BCUT2D eigenvalue weighted by molar-refractivity contribution is 7.09. The van der Waals surface area contributed by atoms with Crippen molar-refractivity contribution in [3.63, 3.8) is 0 Å². The van der Waals surface area contributed by atoms with E-state index in [1.165, 1.54) is 23.5 Å². The zero-order valence-corrected chi connectivity index (χ0v) is 15.5. The van der Waals surface area contributed by atoms with Crippen LogP contribution in [0.15, 0.2) is 5.38 Å². The summed E-state index contributed by atoms with van der Waals surface area (Å²) in [5.41, 5.74) is 1.52. The number of aryl methyl sites for hydroxylation is 1. The van der Waals surface area contributed by atoms with E-state index in [0.29, 0.717) is 17.4 Å². The van der Waals surface area contributed by atoms with Crippen LogP contribution in [-0.4, -0.2) is 46.4 Å². The number of nitrogens with zero attached hydrogens (tertiary/aromatic N) is 3. The summed E-state index contributed by atoms with van der Waals surface area (Å²) in [7, 11) is 0. The molecule has 2 saturated heterocycles. The molecule has 1 aromatic rings. The molecule has 0 aromatic carbocycles. The van der Waals surface area contributed by atoms with Crippen LogP contribution >= 0.6 is 11.3 Å². The van der Waals surface area contributed by atoms with Gasteiger partial charge in [0, 0.05) is 42.9 Å². The molecule has 5 heteroatoms. The Kier molecular flexibility index (Phi) is 5.07. The summed E-state index contributed by atoms with van der Waals surface area (Å²) in [5.74, 6) is 0.342. The Bertz CT molecular complexity index is 556. The van der Waals surface area contributed by atoms with E-state index in [2.05, 4.69) is 36.0 Å². The van der Waals surface area contributed by atoms with Gasteiger partial charge < -0.3 is 4.90 Å². The molecule has 0 aliphatic carbocycles. The second kappa shape index (κ2) is 6.89. The highest BCUT2D eigenvalue weighted by Gasteiger charge is 2.42. The third-order valence-electron chi connectivity index (χ3n) is 5.35. The molecular weight excluding hydrogens is 306 g/mol. The van der Waals surface area contributed by atoms with Gasteiger partial charge in [-0.3, -0.25) is 9.69 Å². The Hall–Kier alpha value is -0.940. The number of hydrogen-bond acceptors (Lipinski definition) is 4. The van der Waals surface area contributed by atoms with Crippen LogP contribution in [0.25, 0.3) is 0 Å². The molecular formula is C18H29N3OS. The maximum atomic E-state index is 12.2. The summed E-state index contributed by atoms with van der Waals surface area (Å²) < 4.78 is 0. The van der Waals surface area contributed by atoms with Crippen molar-refractivity contribution in [1.29, 1.82) is 0 Å². The van der Waals surface area contributed by atoms with Gasteiger partial charge in [-0.25, -0.2) is 4.98 Å². The zero-order valence-electron chi connectivity index (χ0n) is 14.7. The lowest BCUT2D eigenvalue weighted by Gasteiger charge is -2.49. The summed E-state index contributed by atoms with van der Waals surface area (Å²) in [5, 5.41) is 3.45.